The molecule has 4 nitrogen and oxygen atoms in total. The number of thiazole rings is 1. The van der Waals surface area contributed by atoms with Gasteiger partial charge in [0.25, 0.3) is 0 Å². The summed E-state index contributed by atoms with van der Waals surface area (Å²) in [6.45, 7) is 0.379. The summed E-state index contributed by atoms with van der Waals surface area (Å²) in [6, 6.07) is 17.8. The molecule has 23 heavy (non-hydrogen) atoms. The molecule has 1 heterocycles. The van der Waals surface area contributed by atoms with E-state index < -0.39 is 0 Å². The van der Waals surface area contributed by atoms with Crippen LogP contribution in [0.15, 0.2) is 54.6 Å². The topological polar surface area (TPSA) is 51.2 Å². The summed E-state index contributed by atoms with van der Waals surface area (Å²) >= 11 is 1.69. The number of hydrogen-bond acceptors (Lipinski definition) is 4. The number of fused-ring (bicyclic) bond motifs is 1. The number of hydroxylamine groups is 1. The maximum atomic E-state index is 11.7. The molecule has 0 spiro atoms. The maximum Gasteiger partial charge on any atom is 0.243 e. The van der Waals surface area contributed by atoms with Crippen molar-refractivity contribution in [3.8, 4) is 0 Å². The zero-order valence-electron chi connectivity index (χ0n) is 12.7. The van der Waals surface area contributed by atoms with E-state index >= 15 is 0 Å². The van der Waals surface area contributed by atoms with Gasteiger partial charge in [-0.05, 0) is 30.5 Å². The summed E-state index contributed by atoms with van der Waals surface area (Å²) in [7, 11) is 0. The predicted molar refractivity (Wildman–Crippen MR) is 91.9 cm³/mol. The second-order valence-corrected chi connectivity index (χ2v) is 6.34. The third kappa shape index (κ3) is 4.61. The molecule has 0 aliphatic rings. The number of aryl methyl sites for hydroxylation is 1. The molecule has 0 unspecified atom stereocenters. The standard InChI is InChI=1S/C18H18N2O2S/c21-17(20-22-13-14-7-2-1-3-8-14)11-6-12-18-19-15-9-4-5-10-16(15)23-18/h1-5,7-10H,6,11-13H2,(H,20,21). The normalized spacial score (nSPS) is 10.8. The molecule has 2 aromatic carbocycles. The van der Waals surface area contributed by atoms with Crippen LogP contribution in [-0.2, 0) is 22.7 Å². The van der Waals surface area contributed by atoms with Crippen molar-refractivity contribution >= 4 is 27.5 Å². The lowest BCUT2D eigenvalue weighted by atomic mass is 10.2. The largest absolute Gasteiger partial charge is 0.273 e. The van der Waals surface area contributed by atoms with Crippen LogP contribution in [-0.4, -0.2) is 10.9 Å². The molecule has 5 heteroatoms. The second kappa shape index (κ2) is 7.85. The number of para-hydroxylation sites is 1. The van der Waals surface area contributed by atoms with Crippen molar-refractivity contribution in [1.29, 1.82) is 0 Å². The van der Waals surface area contributed by atoms with E-state index in [1.165, 1.54) is 4.70 Å². The average molecular weight is 326 g/mol. The van der Waals surface area contributed by atoms with Gasteiger partial charge in [-0.1, -0.05) is 42.5 Å². The molecule has 0 aliphatic carbocycles. The van der Waals surface area contributed by atoms with E-state index in [0.29, 0.717) is 13.0 Å². The van der Waals surface area contributed by atoms with Gasteiger partial charge < -0.3 is 0 Å². The van der Waals surface area contributed by atoms with Crippen LogP contribution in [0.5, 0.6) is 0 Å². The van der Waals surface area contributed by atoms with Crippen molar-refractivity contribution in [2.24, 2.45) is 0 Å². The van der Waals surface area contributed by atoms with E-state index in [2.05, 4.69) is 16.5 Å². The van der Waals surface area contributed by atoms with Gasteiger partial charge in [-0.3, -0.25) is 9.63 Å². The van der Waals surface area contributed by atoms with Crippen LogP contribution in [0.3, 0.4) is 0 Å². The van der Waals surface area contributed by atoms with Gasteiger partial charge in [0, 0.05) is 6.42 Å². The summed E-state index contributed by atoms with van der Waals surface area (Å²) < 4.78 is 1.19. The number of carbonyl (C=O) groups is 1. The molecule has 0 saturated carbocycles. The summed E-state index contributed by atoms with van der Waals surface area (Å²) in [4.78, 5) is 21.5. The number of hydrogen-bond donors (Lipinski definition) is 1. The van der Waals surface area contributed by atoms with E-state index in [1.54, 1.807) is 11.3 Å². The Hall–Kier alpha value is -2.24. The molecular formula is C18H18N2O2S. The summed E-state index contributed by atoms with van der Waals surface area (Å²) in [5, 5.41) is 1.07. The van der Waals surface area contributed by atoms with E-state index in [1.807, 2.05) is 48.5 Å². The van der Waals surface area contributed by atoms with Crippen LogP contribution in [0.4, 0.5) is 0 Å². The Bertz CT molecular complexity index is 738. The molecule has 1 amide bonds. The fraction of sp³-hybridized carbons (Fsp3) is 0.222. The summed E-state index contributed by atoms with van der Waals surface area (Å²) in [5.74, 6) is -0.0953. The van der Waals surface area contributed by atoms with Crippen LogP contribution in [0.1, 0.15) is 23.4 Å². The Balaban J connectivity index is 1.37. The predicted octanol–water partition coefficient (Wildman–Crippen LogP) is 3.87. The van der Waals surface area contributed by atoms with Crippen molar-refractivity contribution in [1.82, 2.24) is 10.5 Å². The van der Waals surface area contributed by atoms with Gasteiger partial charge in [0.05, 0.1) is 21.8 Å². The zero-order chi connectivity index (χ0) is 15.9. The molecule has 0 aliphatic heterocycles. The van der Waals surface area contributed by atoms with Crippen molar-refractivity contribution in [2.75, 3.05) is 0 Å². The third-order valence-corrected chi connectivity index (χ3v) is 4.50. The molecule has 3 aromatic rings. The lowest BCUT2D eigenvalue weighted by Gasteiger charge is -2.05. The Morgan fingerprint density at radius 3 is 2.70 bits per heavy atom. The number of carbonyl (C=O) groups excluding carboxylic acids is 1. The lowest BCUT2D eigenvalue weighted by molar-refractivity contribution is -0.134. The first kappa shape index (κ1) is 15.6. The average Bonchev–Trinajstić information content (AvgIpc) is 2.98. The molecule has 0 atom stereocenters. The molecule has 0 fully saturated rings. The minimum Gasteiger partial charge on any atom is -0.273 e. The fourth-order valence-electron chi connectivity index (χ4n) is 2.25. The number of benzene rings is 2. The van der Waals surface area contributed by atoms with Crippen LogP contribution in [0.25, 0.3) is 10.2 Å². The second-order valence-electron chi connectivity index (χ2n) is 5.23. The third-order valence-electron chi connectivity index (χ3n) is 3.40. The number of nitrogens with one attached hydrogen (secondary N) is 1. The maximum absolute atomic E-state index is 11.7. The molecule has 1 N–H and O–H groups in total. The van der Waals surface area contributed by atoms with Crippen molar-refractivity contribution < 1.29 is 9.63 Å². The van der Waals surface area contributed by atoms with Gasteiger partial charge >= 0.3 is 0 Å². The molecule has 1 aromatic heterocycles. The summed E-state index contributed by atoms with van der Waals surface area (Å²) in [5.41, 5.74) is 4.55. The van der Waals surface area contributed by atoms with Crippen LogP contribution < -0.4 is 5.48 Å². The quantitative estimate of drug-likeness (QED) is 0.671. The molecule has 118 valence electrons. The number of rotatable bonds is 7. The van der Waals surface area contributed by atoms with Crippen LogP contribution in [0, 0.1) is 0 Å². The van der Waals surface area contributed by atoms with Crippen molar-refractivity contribution in [3.63, 3.8) is 0 Å². The number of aromatic nitrogens is 1. The number of nitrogens with zero attached hydrogens (tertiary/aromatic N) is 1. The first-order valence-corrected chi connectivity index (χ1v) is 8.42. The van der Waals surface area contributed by atoms with Gasteiger partial charge in [0.1, 0.15) is 0 Å². The van der Waals surface area contributed by atoms with Crippen molar-refractivity contribution in [3.05, 3.63) is 65.2 Å². The smallest absolute Gasteiger partial charge is 0.243 e. The van der Waals surface area contributed by atoms with Gasteiger partial charge in [0.15, 0.2) is 0 Å². The van der Waals surface area contributed by atoms with Gasteiger partial charge in [-0.15, -0.1) is 11.3 Å². The first-order chi connectivity index (χ1) is 11.3. The minimum atomic E-state index is -0.0953. The highest BCUT2D eigenvalue weighted by atomic mass is 32.1. The Kier molecular flexibility index (Phi) is 5.34. The summed E-state index contributed by atoms with van der Waals surface area (Å²) in [6.07, 6.45) is 2.01. The van der Waals surface area contributed by atoms with Gasteiger partial charge in [0.2, 0.25) is 5.91 Å². The highest BCUT2D eigenvalue weighted by Crippen LogP contribution is 2.22. The van der Waals surface area contributed by atoms with Crippen LogP contribution in [0.2, 0.25) is 0 Å². The molecule has 0 bridgehead atoms. The molecule has 0 radical (unpaired) electrons. The monoisotopic (exact) mass is 326 g/mol. The minimum absolute atomic E-state index is 0.0953. The molecular weight excluding hydrogens is 308 g/mol. The van der Waals surface area contributed by atoms with E-state index in [0.717, 1.165) is 28.9 Å². The Morgan fingerprint density at radius 1 is 1.09 bits per heavy atom. The lowest BCUT2D eigenvalue weighted by Crippen LogP contribution is -2.23. The van der Waals surface area contributed by atoms with Gasteiger partial charge in [-0.25, -0.2) is 10.5 Å². The first-order valence-electron chi connectivity index (χ1n) is 7.60. The van der Waals surface area contributed by atoms with Crippen molar-refractivity contribution in [2.45, 2.75) is 25.9 Å². The number of amides is 1. The Morgan fingerprint density at radius 2 is 1.87 bits per heavy atom. The highest BCUT2D eigenvalue weighted by molar-refractivity contribution is 7.18. The fourth-order valence-corrected chi connectivity index (χ4v) is 3.26. The zero-order valence-corrected chi connectivity index (χ0v) is 13.5. The Labute approximate surface area is 139 Å². The molecule has 3 rings (SSSR count). The van der Waals surface area contributed by atoms with E-state index in [-0.39, 0.29) is 5.91 Å². The SMILES string of the molecule is O=C(CCCc1nc2ccccc2s1)NOCc1ccccc1. The van der Waals surface area contributed by atoms with Gasteiger partial charge in [-0.2, -0.15) is 0 Å². The highest BCUT2D eigenvalue weighted by Gasteiger charge is 2.06. The van der Waals surface area contributed by atoms with E-state index in [4.69, 9.17) is 4.84 Å². The van der Waals surface area contributed by atoms with E-state index in [9.17, 15) is 4.79 Å². The molecule has 0 saturated heterocycles. The van der Waals surface area contributed by atoms with Crippen LogP contribution >= 0.6 is 11.3 Å².